The Morgan fingerprint density at radius 1 is 1.07 bits per heavy atom. The highest BCUT2D eigenvalue weighted by Gasteiger charge is 2.34. The molecule has 4 heterocycles. The number of benzene rings is 2. The maximum atomic E-state index is 13.2. The average Bonchev–Trinajstić information content (AvgIpc) is 3.66. The number of hydrogen-bond acceptors (Lipinski definition) is 9. The molecule has 1 atom stereocenters. The zero-order chi connectivity index (χ0) is 28.2. The van der Waals surface area contributed by atoms with Gasteiger partial charge in [0, 0.05) is 51.1 Å². The molecule has 2 aliphatic heterocycles. The average molecular weight is 596 g/mol. The summed E-state index contributed by atoms with van der Waals surface area (Å²) in [6, 6.07) is 16.4. The molecule has 1 unspecified atom stereocenters. The standard InChI is InChI=1S/C28H27Cl2N7O4/c29-24-14-25(34-28(33-24)36-10-9-31-18-36)37-12-11-35(17-27-39-22-3-1-2-4-23(22)40-27)16-20(37)13-26(38)32-15-19-5-7-21(41-30)8-6-19/h1-10,14,18,20,27H,11-13,15-17H2,(H,32,38). The lowest BCUT2D eigenvalue weighted by atomic mass is 10.1. The molecule has 0 bridgehead atoms. The summed E-state index contributed by atoms with van der Waals surface area (Å²) in [6.45, 7) is 2.87. The normalized spacial score (nSPS) is 17.0. The van der Waals surface area contributed by atoms with Gasteiger partial charge in [-0.3, -0.25) is 14.3 Å². The van der Waals surface area contributed by atoms with Crippen LogP contribution in [0, 0.1) is 0 Å². The Labute approximate surface area is 246 Å². The molecule has 212 valence electrons. The number of ether oxygens (including phenoxy) is 2. The predicted molar refractivity (Wildman–Crippen MR) is 153 cm³/mol. The van der Waals surface area contributed by atoms with Crippen molar-refractivity contribution < 1.29 is 18.6 Å². The molecule has 1 amide bonds. The number of para-hydroxylation sites is 2. The van der Waals surface area contributed by atoms with Crippen molar-refractivity contribution in [2.75, 3.05) is 31.1 Å². The number of fused-ring (bicyclic) bond motifs is 1. The van der Waals surface area contributed by atoms with E-state index in [4.69, 9.17) is 42.2 Å². The van der Waals surface area contributed by atoms with Crippen LogP contribution in [0.1, 0.15) is 12.0 Å². The summed E-state index contributed by atoms with van der Waals surface area (Å²) in [4.78, 5) is 30.7. The van der Waals surface area contributed by atoms with Crippen LogP contribution in [0.15, 0.2) is 73.3 Å². The number of anilines is 1. The summed E-state index contributed by atoms with van der Waals surface area (Å²) in [5.74, 6) is 2.97. The van der Waals surface area contributed by atoms with Gasteiger partial charge in [0.15, 0.2) is 11.5 Å². The number of nitrogens with zero attached hydrogens (tertiary/aromatic N) is 6. The van der Waals surface area contributed by atoms with E-state index in [0.717, 1.165) is 17.1 Å². The van der Waals surface area contributed by atoms with Crippen LogP contribution < -0.4 is 24.0 Å². The summed E-state index contributed by atoms with van der Waals surface area (Å²) in [5.41, 5.74) is 0.931. The van der Waals surface area contributed by atoms with Crippen LogP contribution in [0.25, 0.3) is 5.95 Å². The fourth-order valence-electron chi connectivity index (χ4n) is 4.98. The number of rotatable bonds is 9. The van der Waals surface area contributed by atoms with Crippen molar-refractivity contribution >= 4 is 35.2 Å². The van der Waals surface area contributed by atoms with E-state index in [1.807, 2.05) is 36.4 Å². The Balaban J connectivity index is 1.17. The first-order valence-electron chi connectivity index (χ1n) is 13.1. The third-order valence-electron chi connectivity index (χ3n) is 6.96. The summed E-state index contributed by atoms with van der Waals surface area (Å²) in [5, 5.41) is 3.33. The molecule has 2 aromatic heterocycles. The number of amides is 1. The Morgan fingerprint density at radius 2 is 1.85 bits per heavy atom. The Kier molecular flexibility index (Phi) is 8.08. The lowest BCUT2D eigenvalue weighted by molar-refractivity contribution is -0.121. The van der Waals surface area contributed by atoms with Gasteiger partial charge in [0.05, 0.1) is 12.6 Å². The molecular formula is C28H27Cl2N7O4. The monoisotopic (exact) mass is 595 g/mol. The molecule has 1 saturated heterocycles. The van der Waals surface area contributed by atoms with Gasteiger partial charge in [-0.05, 0) is 29.8 Å². The van der Waals surface area contributed by atoms with Crippen molar-refractivity contribution in [3.05, 3.63) is 84.0 Å². The third-order valence-corrected chi connectivity index (χ3v) is 7.33. The maximum Gasteiger partial charge on any atom is 0.254 e. The fourth-order valence-corrected chi connectivity index (χ4v) is 5.26. The molecule has 0 saturated carbocycles. The van der Waals surface area contributed by atoms with E-state index in [2.05, 4.69) is 25.1 Å². The summed E-state index contributed by atoms with van der Waals surface area (Å²) >= 11 is 11.8. The van der Waals surface area contributed by atoms with Crippen LogP contribution in [0.2, 0.25) is 5.15 Å². The van der Waals surface area contributed by atoms with E-state index in [1.165, 1.54) is 0 Å². The molecule has 0 radical (unpaired) electrons. The highest BCUT2D eigenvalue weighted by Crippen LogP contribution is 2.34. The second-order valence-corrected chi connectivity index (χ2v) is 10.3. The molecule has 6 rings (SSSR count). The maximum absolute atomic E-state index is 13.2. The summed E-state index contributed by atoms with van der Waals surface area (Å²) < 4.78 is 18.4. The molecule has 0 spiro atoms. The van der Waals surface area contributed by atoms with Crippen molar-refractivity contribution in [3.63, 3.8) is 0 Å². The number of hydrogen-bond donors (Lipinski definition) is 1. The van der Waals surface area contributed by atoms with Crippen LogP contribution in [-0.4, -0.2) is 68.8 Å². The van der Waals surface area contributed by atoms with Crippen LogP contribution in [0.3, 0.4) is 0 Å². The number of imidazole rings is 1. The van der Waals surface area contributed by atoms with Gasteiger partial charge in [-0.1, -0.05) is 35.9 Å². The molecular weight excluding hydrogens is 569 g/mol. The van der Waals surface area contributed by atoms with E-state index < -0.39 is 6.29 Å². The van der Waals surface area contributed by atoms with E-state index in [-0.39, 0.29) is 18.4 Å². The summed E-state index contributed by atoms with van der Waals surface area (Å²) in [7, 11) is 0. The fraction of sp³-hybridized carbons (Fsp3) is 0.286. The topological polar surface area (TPSA) is 107 Å². The van der Waals surface area contributed by atoms with Gasteiger partial charge < -0.3 is 24.0 Å². The van der Waals surface area contributed by atoms with Crippen LogP contribution in [0.4, 0.5) is 5.82 Å². The van der Waals surface area contributed by atoms with E-state index in [9.17, 15) is 4.79 Å². The minimum Gasteiger partial charge on any atom is -0.450 e. The van der Waals surface area contributed by atoms with Crippen molar-refractivity contribution in [2.45, 2.75) is 25.3 Å². The molecule has 11 nitrogen and oxygen atoms in total. The van der Waals surface area contributed by atoms with Gasteiger partial charge in [-0.15, -0.1) is 0 Å². The largest absolute Gasteiger partial charge is 0.450 e. The van der Waals surface area contributed by atoms with Crippen molar-refractivity contribution in [3.8, 4) is 23.2 Å². The molecule has 1 fully saturated rings. The quantitative estimate of drug-likeness (QED) is 0.289. The molecule has 13 heteroatoms. The molecule has 2 aliphatic rings. The van der Waals surface area contributed by atoms with Gasteiger partial charge in [0.1, 0.15) is 34.9 Å². The second kappa shape index (κ2) is 12.2. The van der Waals surface area contributed by atoms with Gasteiger partial charge in [-0.25, -0.2) is 9.97 Å². The molecule has 0 aliphatic carbocycles. The Bertz CT molecular complexity index is 1460. The second-order valence-electron chi connectivity index (χ2n) is 9.74. The first-order valence-corrected chi connectivity index (χ1v) is 13.8. The number of carbonyl (C=O) groups is 1. The Morgan fingerprint density at radius 3 is 2.56 bits per heavy atom. The lowest BCUT2D eigenvalue weighted by Gasteiger charge is -2.42. The van der Waals surface area contributed by atoms with Crippen molar-refractivity contribution in [1.29, 1.82) is 0 Å². The number of halogens is 2. The molecule has 4 aromatic rings. The van der Waals surface area contributed by atoms with E-state index in [0.29, 0.717) is 55.4 Å². The third kappa shape index (κ3) is 6.48. The smallest absolute Gasteiger partial charge is 0.254 e. The molecule has 41 heavy (non-hydrogen) atoms. The first kappa shape index (κ1) is 27.1. The minimum absolute atomic E-state index is 0.0877. The van der Waals surface area contributed by atoms with Crippen LogP contribution >= 0.6 is 23.5 Å². The highest BCUT2D eigenvalue weighted by molar-refractivity contribution is 6.29. The Hall–Kier alpha value is -4.06. The minimum atomic E-state index is -0.422. The number of piperazine rings is 1. The van der Waals surface area contributed by atoms with Crippen molar-refractivity contribution in [1.82, 2.24) is 29.7 Å². The van der Waals surface area contributed by atoms with Crippen LogP contribution in [0.5, 0.6) is 17.2 Å². The van der Waals surface area contributed by atoms with Gasteiger partial charge >= 0.3 is 0 Å². The lowest BCUT2D eigenvalue weighted by Crippen LogP contribution is -2.56. The first-order chi connectivity index (χ1) is 20.0. The number of nitrogens with one attached hydrogen (secondary N) is 1. The SMILES string of the molecule is O=C(CC1CN(CC2Oc3ccccc3O2)CCN1c1cc(Cl)nc(-n2ccnc2)n1)NCc1ccc(OCl)cc1. The van der Waals surface area contributed by atoms with E-state index in [1.54, 1.807) is 41.5 Å². The number of carbonyl (C=O) groups excluding carboxylic acids is 1. The van der Waals surface area contributed by atoms with Crippen molar-refractivity contribution in [2.24, 2.45) is 0 Å². The van der Waals surface area contributed by atoms with Gasteiger partial charge in [0.2, 0.25) is 11.9 Å². The van der Waals surface area contributed by atoms with Gasteiger partial charge in [0.25, 0.3) is 6.29 Å². The molecule has 1 N–H and O–H groups in total. The number of aromatic nitrogens is 4. The summed E-state index contributed by atoms with van der Waals surface area (Å²) in [6.07, 6.45) is 4.84. The zero-order valence-corrected chi connectivity index (χ0v) is 23.4. The van der Waals surface area contributed by atoms with Gasteiger partial charge in [-0.2, -0.15) is 4.98 Å². The highest BCUT2D eigenvalue weighted by atomic mass is 35.5. The molecule has 2 aromatic carbocycles. The van der Waals surface area contributed by atoms with E-state index >= 15 is 0 Å². The zero-order valence-electron chi connectivity index (χ0n) is 21.9. The van der Waals surface area contributed by atoms with Crippen LogP contribution in [-0.2, 0) is 11.3 Å². The predicted octanol–water partition coefficient (Wildman–Crippen LogP) is 3.84.